The van der Waals surface area contributed by atoms with E-state index in [0.29, 0.717) is 31.3 Å². The molecule has 0 radical (unpaired) electrons. The SMILES string of the molecule is CC/C(=C\[C@@H]1[C@H]2CN(C(=O)OC(C)(C)C)C[C@@H]12)[N+](=O)[O-]. The van der Waals surface area contributed by atoms with Crippen LogP contribution in [0.15, 0.2) is 11.8 Å². The summed E-state index contributed by atoms with van der Waals surface area (Å²) in [5.74, 6) is 0.988. The van der Waals surface area contributed by atoms with Crippen molar-refractivity contribution < 1.29 is 14.5 Å². The first-order chi connectivity index (χ1) is 9.23. The van der Waals surface area contributed by atoms with Crippen molar-refractivity contribution >= 4 is 6.09 Å². The molecule has 6 nitrogen and oxygen atoms in total. The van der Waals surface area contributed by atoms with Gasteiger partial charge in [0.2, 0.25) is 5.70 Å². The molecule has 2 rings (SSSR count). The lowest BCUT2D eigenvalue weighted by Crippen LogP contribution is -2.37. The van der Waals surface area contributed by atoms with E-state index in [2.05, 4.69) is 0 Å². The molecule has 1 saturated carbocycles. The van der Waals surface area contributed by atoms with Crippen LogP contribution < -0.4 is 0 Å². The molecule has 0 aromatic heterocycles. The average Bonchev–Trinajstić information content (AvgIpc) is 2.76. The number of hydrogen-bond acceptors (Lipinski definition) is 4. The number of hydrogen-bond donors (Lipinski definition) is 0. The van der Waals surface area contributed by atoms with Crippen molar-refractivity contribution in [2.24, 2.45) is 17.8 Å². The minimum atomic E-state index is -0.482. The van der Waals surface area contributed by atoms with Gasteiger partial charge in [-0.15, -0.1) is 0 Å². The summed E-state index contributed by atoms with van der Waals surface area (Å²) < 4.78 is 5.33. The number of piperidine rings is 1. The molecule has 20 heavy (non-hydrogen) atoms. The fraction of sp³-hybridized carbons (Fsp3) is 0.786. The number of amides is 1. The number of allylic oxidation sites excluding steroid dienone is 2. The molecule has 0 unspecified atom stereocenters. The van der Waals surface area contributed by atoms with Gasteiger partial charge in [0.1, 0.15) is 5.60 Å². The highest BCUT2D eigenvalue weighted by molar-refractivity contribution is 5.69. The lowest BCUT2D eigenvalue weighted by molar-refractivity contribution is -0.428. The Morgan fingerprint density at radius 2 is 1.95 bits per heavy atom. The van der Waals surface area contributed by atoms with Gasteiger partial charge in [-0.05, 0) is 44.6 Å². The minimum Gasteiger partial charge on any atom is -0.444 e. The zero-order chi connectivity index (χ0) is 15.1. The van der Waals surface area contributed by atoms with Gasteiger partial charge >= 0.3 is 6.09 Å². The summed E-state index contributed by atoms with van der Waals surface area (Å²) in [6.45, 7) is 8.62. The Balaban J connectivity index is 1.88. The Labute approximate surface area is 118 Å². The Morgan fingerprint density at radius 3 is 2.35 bits per heavy atom. The van der Waals surface area contributed by atoms with Gasteiger partial charge in [0, 0.05) is 19.5 Å². The first-order valence-corrected chi connectivity index (χ1v) is 7.06. The Morgan fingerprint density at radius 1 is 1.40 bits per heavy atom. The highest BCUT2D eigenvalue weighted by Crippen LogP contribution is 2.53. The van der Waals surface area contributed by atoms with Gasteiger partial charge in [0.25, 0.3) is 0 Å². The zero-order valence-electron chi connectivity index (χ0n) is 12.5. The van der Waals surface area contributed by atoms with E-state index >= 15 is 0 Å². The molecule has 3 atom stereocenters. The van der Waals surface area contributed by atoms with Crippen LogP contribution in [0.2, 0.25) is 0 Å². The van der Waals surface area contributed by atoms with E-state index in [1.54, 1.807) is 17.9 Å². The van der Waals surface area contributed by atoms with Gasteiger partial charge in [-0.3, -0.25) is 10.1 Å². The summed E-state index contributed by atoms with van der Waals surface area (Å²) in [6, 6.07) is 0. The van der Waals surface area contributed by atoms with Crippen LogP contribution in [0.25, 0.3) is 0 Å². The molecular weight excluding hydrogens is 260 g/mol. The van der Waals surface area contributed by atoms with Crippen LogP contribution in [0.4, 0.5) is 4.79 Å². The third kappa shape index (κ3) is 3.11. The molecule has 112 valence electrons. The Bertz CT molecular complexity index is 441. The van der Waals surface area contributed by atoms with Crippen LogP contribution in [0, 0.1) is 27.9 Å². The fourth-order valence-electron chi connectivity index (χ4n) is 2.83. The molecule has 1 saturated heterocycles. The van der Waals surface area contributed by atoms with Crippen LogP contribution >= 0.6 is 0 Å². The second-order valence-corrected chi connectivity index (χ2v) is 6.56. The molecule has 1 aliphatic heterocycles. The van der Waals surface area contributed by atoms with Crippen molar-refractivity contribution in [3.63, 3.8) is 0 Å². The van der Waals surface area contributed by atoms with Crippen molar-refractivity contribution in [2.45, 2.75) is 39.7 Å². The fourth-order valence-corrected chi connectivity index (χ4v) is 2.83. The van der Waals surface area contributed by atoms with Crippen molar-refractivity contribution in [1.29, 1.82) is 0 Å². The second-order valence-electron chi connectivity index (χ2n) is 6.56. The second kappa shape index (κ2) is 5.07. The van der Waals surface area contributed by atoms with Gasteiger partial charge in [0.05, 0.1) is 4.92 Å². The lowest BCUT2D eigenvalue weighted by atomic mass is 10.2. The van der Waals surface area contributed by atoms with Gasteiger partial charge < -0.3 is 9.64 Å². The molecule has 1 aliphatic carbocycles. The molecule has 0 bridgehead atoms. The molecule has 0 aromatic carbocycles. The number of fused-ring (bicyclic) bond motifs is 1. The normalized spacial score (nSPS) is 29.1. The summed E-state index contributed by atoms with van der Waals surface area (Å²) in [6.07, 6.45) is 1.94. The van der Waals surface area contributed by atoms with E-state index in [9.17, 15) is 14.9 Å². The maximum absolute atomic E-state index is 11.9. The average molecular weight is 282 g/mol. The maximum atomic E-state index is 11.9. The number of carbonyl (C=O) groups excluding carboxylic acids is 1. The lowest BCUT2D eigenvalue weighted by Gasteiger charge is -2.25. The summed E-state index contributed by atoms with van der Waals surface area (Å²) in [4.78, 5) is 24.1. The molecular formula is C14H22N2O4. The summed E-state index contributed by atoms with van der Waals surface area (Å²) in [5.41, 5.74) is -0.197. The summed E-state index contributed by atoms with van der Waals surface area (Å²) in [5, 5.41) is 10.8. The Hall–Kier alpha value is -1.59. The summed E-state index contributed by atoms with van der Waals surface area (Å²) >= 11 is 0. The van der Waals surface area contributed by atoms with E-state index in [1.807, 2.05) is 20.8 Å². The topological polar surface area (TPSA) is 72.7 Å². The van der Waals surface area contributed by atoms with Crippen LogP contribution in [0.3, 0.4) is 0 Å². The van der Waals surface area contributed by atoms with Crippen LogP contribution in [0.1, 0.15) is 34.1 Å². The molecule has 2 aliphatic rings. The van der Waals surface area contributed by atoms with E-state index < -0.39 is 5.60 Å². The predicted octanol–water partition coefficient (Wildman–Crippen LogP) is 2.67. The number of ether oxygens (including phenoxy) is 1. The number of nitrogens with zero attached hydrogens (tertiary/aromatic N) is 2. The van der Waals surface area contributed by atoms with E-state index in [1.165, 1.54) is 0 Å². The zero-order valence-corrected chi connectivity index (χ0v) is 12.5. The smallest absolute Gasteiger partial charge is 0.410 e. The molecule has 0 N–H and O–H groups in total. The van der Waals surface area contributed by atoms with E-state index in [4.69, 9.17) is 4.74 Å². The largest absolute Gasteiger partial charge is 0.444 e. The molecule has 1 amide bonds. The highest BCUT2D eigenvalue weighted by Gasteiger charge is 2.56. The van der Waals surface area contributed by atoms with Gasteiger partial charge in [-0.1, -0.05) is 6.92 Å². The maximum Gasteiger partial charge on any atom is 0.410 e. The molecule has 6 heteroatoms. The third-order valence-corrected chi connectivity index (χ3v) is 3.89. The summed E-state index contributed by atoms with van der Waals surface area (Å²) in [7, 11) is 0. The highest BCUT2D eigenvalue weighted by atomic mass is 16.6. The van der Waals surface area contributed by atoms with Gasteiger partial charge in [0.15, 0.2) is 0 Å². The molecule has 1 heterocycles. The minimum absolute atomic E-state index is 0.258. The molecule has 0 aromatic rings. The number of carbonyl (C=O) groups is 1. The predicted molar refractivity (Wildman–Crippen MR) is 73.6 cm³/mol. The standard InChI is InChI=1S/C14H22N2O4/c1-5-9(16(18)19)6-10-11-7-15(8-12(10)11)13(17)20-14(2,3)4/h6,10-12H,5,7-8H2,1-4H3/b9-6+/t10-,11-,12+. The number of nitro groups is 1. The third-order valence-electron chi connectivity index (χ3n) is 3.89. The van der Waals surface area contributed by atoms with Crippen molar-refractivity contribution in [1.82, 2.24) is 4.90 Å². The van der Waals surface area contributed by atoms with Crippen LogP contribution in [-0.2, 0) is 4.74 Å². The number of likely N-dealkylation sites (tertiary alicyclic amines) is 1. The van der Waals surface area contributed by atoms with Crippen molar-refractivity contribution in [3.05, 3.63) is 21.9 Å². The van der Waals surface area contributed by atoms with Gasteiger partial charge in [-0.2, -0.15) is 0 Å². The first kappa shape index (κ1) is 14.8. The first-order valence-electron chi connectivity index (χ1n) is 7.06. The quantitative estimate of drug-likeness (QED) is 0.589. The Kier molecular flexibility index (Phi) is 3.75. The monoisotopic (exact) mass is 282 g/mol. The van der Waals surface area contributed by atoms with Crippen LogP contribution in [-0.4, -0.2) is 34.6 Å². The van der Waals surface area contributed by atoms with E-state index in [0.717, 1.165) is 0 Å². The van der Waals surface area contributed by atoms with Crippen LogP contribution in [0.5, 0.6) is 0 Å². The van der Waals surface area contributed by atoms with Crippen molar-refractivity contribution in [3.8, 4) is 0 Å². The molecule has 2 fully saturated rings. The van der Waals surface area contributed by atoms with Crippen molar-refractivity contribution in [2.75, 3.05) is 13.1 Å². The van der Waals surface area contributed by atoms with Gasteiger partial charge in [-0.25, -0.2) is 4.79 Å². The van der Waals surface area contributed by atoms with E-state index in [-0.39, 0.29) is 22.6 Å². The molecule has 0 spiro atoms. The number of rotatable bonds is 3.